The average molecular weight is 435 g/mol. The summed E-state index contributed by atoms with van der Waals surface area (Å²) >= 11 is 0. The van der Waals surface area contributed by atoms with Crippen LogP contribution in [0.4, 0.5) is 11.4 Å². The quantitative estimate of drug-likeness (QED) is 0.558. The number of non-ortho nitro benzene ring substituents is 2. The van der Waals surface area contributed by atoms with Gasteiger partial charge in [-0.3, -0.25) is 29.9 Å². The molecule has 1 saturated heterocycles. The van der Waals surface area contributed by atoms with Gasteiger partial charge in [-0.15, -0.1) is 0 Å². The molecule has 168 valence electrons. The van der Waals surface area contributed by atoms with E-state index in [0.717, 1.165) is 23.1 Å². The summed E-state index contributed by atoms with van der Waals surface area (Å²) in [5.74, 6) is -1.73. The fourth-order valence-electron chi connectivity index (χ4n) is 4.56. The highest BCUT2D eigenvalue weighted by atomic mass is 16.6. The molecule has 1 aliphatic carbocycles. The van der Waals surface area contributed by atoms with E-state index in [1.54, 1.807) is 0 Å². The van der Waals surface area contributed by atoms with Gasteiger partial charge >= 0.3 is 5.97 Å². The third-order valence-corrected chi connectivity index (χ3v) is 6.33. The summed E-state index contributed by atoms with van der Waals surface area (Å²) in [7, 11) is 0. The Balaban J connectivity index is 2.01. The molecule has 31 heavy (non-hydrogen) atoms. The molecule has 1 atom stereocenters. The van der Waals surface area contributed by atoms with E-state index < -0.39 is 44.9 Å². The van der Waals surface area contributed by atoms with E-state index in [2.05, 4.69) is 20.8 Å². The minimum absolute atomic E-state index is 0.0436. The minimum atomic E-state index is -1.28. The highest BCUT2D eigenvalue weighted by Crippen LogP contribution is 2.47. The minimum Gasteiger partial charge on any atom is -0.480 e. The number of ether oxygens (including phenoxy) is 1. The number of aliphatic carboxylic acids is 1. The lowest BCUT2D eigenvalue weighted by atomic mass is 9.70. The summed E-state index contributed by atoms with van der Waals surface area (Å²) in [6.45, 7) is 6.15. The van der Waals surface area contributed by atoms with Gasteiger partial charge in [0, 0.05) is 12.1 Å². The SMILES string of the molecule is CC(C)(C)C1CCC2(CC1)OC[C@@H](C(=O)O)N2C(=O)c1cc([N+](=O)[O-])cc([N+](=O)[O-])c1. The number of carboxylic acid groups (broad SMARTS) is 1. The predicted octanol–water partition coefficient (Wildman–Crippen LogP) is 3.36. The number of hydrogen-bond donors (Lipinski definition) is 1. The summed E-state index contributed by atoms with van der Waals surface area (Å²) < 4.78 is 5.88. The summed E-state index contributed by atoms with van der Waals surface area (Å²) in [6.07, 6.45) is 2.27. The molecule has 0 radical (unpaired) electrons. The first kappa shape index (κ1) is 22.6. The second-order valence-corrected chi connectivity index (χ2v) is 9.18. The molecule has 1 aromatic carbocycles. The molecule has 0 unspecified atom stereocenters. The van der Waals surface area contributed by atoms with Crippen molar-refractivity contribution in [2.75, 3.05) is 6.61 Å². The zero-order valence-electron chi connectivity index (χ0n) is 17.6. The van der Waals surface area contributed by atoms with Gasteiger partial charge in [0.15, 0.2) is 6.04 Å². The number of carboxylic acids is 1. The molecule has 3 rings (SSSR count). The molecule has 11 nitrogen and oxygen atoms in total. The topological polar surface area (TPSA) is 153 Å². The van der Waals surface area contributed by atoms with Crippen molar-refractivity contribution in [2.45, 2.75) is 58.2 Å². The second kappa shape index (κ2) is 7.88. The Morgan fingerprint density at radius 1 is 1.10 bits per heavy atom. The van der Waals surface area contributed by atoms with Gasteiger partial charge in [-0.2, -0.15) is 0 Å². The first-order chi connectivity index (χ1) is 14.4. The Hall–Kier alpha value is -3.08. The largest absolute Gasteiger partial charge is 0.480 e. The van der Waals surface area contributed by atoms with Crippen LogP contribution in [0.2, 0.25) is 0 Å². The van der Waals surface area contributed by atoms with Gasteiger partial charge in [0.25, 0.3) is 17.3 Å². The van der Waals surface area contributed by atoms with Crippen molar-refractivity contribution < 1.29 is 29.3 Å². The Labute approximate surface area is 178 Å². The molecular weight excluding hydrogens is 410 g/mol. The van der Waals surface area contributed by atoms with Crippen molar-refractivity contribution in [3.8, 4) is 0 Å². The Kier molecular flexibility index (Phi) is 5.74. The molecule has 1 N–H and O–H groups in total. The van der Waals surface area contributed by atoms with Crippen molar-refractivity contribution in [1.29, 1.82) is 0 Å². The Morgan fingerprint density at radius 2 is 1.61 bits per heavy atom. The number of amides is 1. The average Bonchev–Trinajstić information content (AvgIpc) is 3.05. The molecule has 2 fully saturated rings. The molecule has 0 aromatic heterocycles. The second-order valence-electron chi connectivity index (χ2n) is 9.18. The zero-order chi connectivity index (χ0) is 23.1. The fourth-order valence-corrected chi connectivity index (χ4v) is 4.56. The van der Waals surface area contributed by atoms with Crippen LogP contribution in [0.3, 0.4) is 0 Å². The third-order valence-electron chi connectivity index (χ3n) is 6.33. The van der Waals surface area contributed by atoms with E-state index in [4.69, 9.17) is 4.74 Å². The summed E-state index contributed by atoms with van der Waals surface area (Å²) in [4.78, 5) is 47.1. The zero-order valence-corrected chi connectivity index (χ0v) is 17.6. The van der Waals surface area contributed by atoms with E-state index in [-0.39, 0.29) is 17.6 Å². The fraction of sp³-hybridized carbons (Fsp3) is 0.600. The maximum Gasteiger partial charge on any atom is 0.328 e. The van der Waals surface area contributed by atoms with Crippen LogP contribution in [-0.4, -0.2) is 50.1 Å². The van der Waals surface area contributed by atoms with Crippen LogP contribution in [0, 0.1) is 31.6 Å². The molecule has 1 heterocycles. The van der Waals surface area contributed by atoms with Crippen LogP contribution in [0.1, 0.15) is 56.8 Å². The smallest absolute Gasteiger partial charge is 0.328 e. The maximum absolute atomic E-state index is 13.4. The van der Waals surface area contributed by atoms with Crippen molar-refractivity contribution in [3.63, 3.8) is 0 Å². The number of nitro benzene ring substituents is 2. The van der Waals surface area contributed by atoms with Crippen LogP contribution >= 0.6 is 0 Å². The third kappa shape index (κ3) is 4.22. The molecular formula is C20H25N3O8. The summed E-state index contributed by atoms with van der Waals surface area (Å²) in [5, 5.41) is 32.1. The lowest BCUT2D eigenvalue weighted by Crippen LogP contribution is -2.55. The van der Waals surface area contributed by atoms with Crippen molar-refractivity contribution in [1.82, 2.24) is 4.90 Å². The van der Waals surface area contributed by atoms with Crippen LogP contribution < -0.4 is 0 Å². The number of carbonyl (C=O) groups excluding carboxylic acids is 1. The lowest BCUT2D eigenvalue weighted by Gasteiger charge is -2.46. The van der Waals surface area contributed by atoms with Gasteiger partial charge in [0.05, 0.1) is 28.1 Å². The lowest BCUT2D eigenvalue weighted by molar-refractivity contribution is -0.394. The van der Waals surface area contributed by atoms with Gasteiger partial charge in [-0.25, -0.2) is 4.79 Å². The van der Waals surface area contributed by atoms with E-state index in [1.807, 2.05) is 0 Å². The standard InChI is InChI=1S/C20H25N3O8/c1-19(2,3)13-4-6-20(7-5-13)21(16(11-31-20)18(25)26)17(24)12-8-14(22(27)28)10-15(9-12)23(29)30/h8-10,13,16H,4-7,11H2,1-3H3,(H,25,26)/t13?,16-,20?/m0/s1. The number of carbonyl (C=O) groups is 2. The highest BCUT2D eigenvalue weighted by Gasteiger charge is 2.55. The normalized spacial score (nSPS) is 26.1. The van der Waals surface area contributed by atoms with Crippen LogP contribution in [0.15, 0.2) is 18.2 Å². The summed E-state index contributed by atoms with van der Waals surface area (Å²) in [5.41, 5.74) is -2.65. The van der Waals surface area contributed by atoms with Crippen molar-refractivity contribution >= 4 is 23.3 Å². The van der Waals surface area contributed by atoms with Crippen LogP contribution in [0.5, 0.6) is 0 Å². The molecule has 11 heteroatoms. The van der Waals surface area contributed by atoms with Crippen LogP contribution in [-0.2, 0) is 9.53 Å². The van der Waals surface area contributed by atoms with Crippen molar-refractivity contribution in [3.05, 3.63) is 44.0 Å². The number of nitrogens with zero attached hydrogens (tertiary/aromatic N) is 3. The molecule has 1 saturated carbocycles. The van der Waals surface area contributed by atoms with E-state index in [9.17, 15) is 34.9 Å². The van der Waals surface area contributed by atoms with Gasteiger partial charge in [0.1, 0.15) is 5.72 Å². The monoisotopic (exact) mass is 435 g/mol. The van der Waals surface area contributed by atoms with Gasteiger partial charge in [0.2, 0.25) is 0 Å². The van der Waals surface area contributed by atoms with E-state index in [1.165, 1.54) is 0 Å². The molecule has 0 bridgehead atoms. The first-order valence-electron chi connectivity index (χ1n) is 10.00. The van der Waals surface area contributed by atoms with Gasteiger partial charge in [-0.1, -0.05) is 20.8 Å². The first-order valence-corrected chi connectivity index (χ1v) is 10.00. The Morgan fingerprint density at radius 3 is 2.03 bits per heavy atom. The number of nitro groups is 2. The highest BCUT2D eigenvalue weighted by molar-refractivity contribution is 5.98. The van der Waals surface area contributed by atoms with Gasteiger partial charge in [-0.05, 0) is 37.0 Å². The molecule has 1 aliphatic heterocycles. The Bertz CT molecular complexity index is 899. The van der Waals surface area contributed by atoms with Crippen molar-refractivity contribution in [2.24, 2.45) is 11.3 Å². The number of hydrogen-bond acceptors (Lipinski definition) is 7. The molecule has 1 amide bonds. The molecule has 1 spiro atoms. The molecule has 1 aromatic rings. The number of benzene rings is 1. The molecule has 2 aliphatic rings. The van der Waals surface area contributed by atoms with Crippen LogP contribution in [0.25, 0.3) is 0 Å². The summed E-state index contributed by atoms with van der Waals surface area (Å²) in [6, 6.07) is 1.34. The predicted molar refractivity (Wildman–Crippen MR) is 107 cm³/mol. The maximum atomic E-state index is 13.4. The van der Waals surface area contributed by atoms with Gasteiger partial charge < -0.3 is 9.84 Å². The number of rotatable bonds is 4. The van der Waals surface area contributed by atoms with E-state index in [0.29, 0.717) is 31.6 Å². The van der Waals surface area contributed by atoms with E-state index >= 15 is 0 Å².